The minimum atomic E-state index is -4.73. The first-order valence-electron chi connectivity index (χ1n) is 3.87. The van der Waals surface area contributed by atoms with Crippen LogP contribution in [0.1, 0.15) is 0 Å². The summed E-state index contributed by atoms with van der Waals surface area (Å²) in [7, 11) is 0. The standard InChI is InChI=1S/C6H5ClF3N3O3/c7-4-3-12(11-5(4)13(14)15)1-2-16-6(8,9)10/h3H,1-2H2. The molecule has 0 saturated carbocycles. The third kappa shape index (κ3) is 3.66. The molecule has 0 radical (unpaired) electrons. The molecule has 0 N–H and O–H groups in total. The summed E-state index contributed by atoms with van der Waals surface area (Å²) in [6.07, 6.45) is -3.68. The average molecular weight is 260 g/mol. The van der Waals surface area contributed by atoms with E-state index in [1.807, 2.05) is 0 Å². The first kappa shape index (κ1) is 12.7. The summed E-state index contributed by atoms with van der Waals surface area (Å²) >= 11 is 5.42. The Balaban J connectivity index is 2.56. The summed E-state index contributed by atoms with van der Waals surface area (Å²) in [6.45, 7) is -0.980. The number of ether oxygens (including phenoxy) is 1. The third-order valence-corrected chi connectivity index (χ3v) is 1.72. The highest BCUT2D eigenvalue weighted by molar-refractivity contribution is 6.32. The molecule has 0 atom stereocenters. The van der Waals surface area contributed by atoms with Crippen molar-refractivity contribution in [1.82, 2.24) is 9.78 Å². The molecule has 1 heterocycles. The molecule has 90 valence electrons. The Morgan fingerprint density at radius 3 is 2.69 bits per heavy atom. The molecule has 0 spiro atoms. The molecule has 1 aromatic heterocycles. The first-order valence-corrected chi connectivity index (χ1v) is 4.25. The molecule has 16 heavy (non-hydrogen) atoms. The summed E-state index contributed by atoms with van der Waals surface area (Å²) in [5.41, 5.74) is 0. The van der Waals surface area contributed by atoms with Gasteiger partial charge in [-0.1, -0.05) is 11.6 Å². The van der Waals surface area contributed by atoms with Crippen LogP contribution in [0.4, 0.5) is 19.0 Å². The van der Waals surface area contributed by atoms with Crippen molar-refractivity contribution in [2.75, 3.05) is 6.61 Å². The fourth-order valence-electron chi connectivity index (χ4n) is 0.880. The van der Waals surface area contributed by atoms with E-state index in [1.165, 1.54) is 0 Å². The maximum atomic E-state index is 11.6. The molecule has 0 amide bonds. The van der Waals surface area contributed by atoms with Crippen LogP contribution in [0.25, 0.3) is 0 Å². The van der Waals surface area contributed by atoms with Crippen LogP contribution < -0.4 is 0 Å². The zero-order valence-corrected chi connectivity index (χ0v) is 8.33. The van der Waals surface area contributed by atoms with Crippen molar-refractivity contribution in [1.29, 1.82) is 0 Å². The van der Waals surface area contributed by atoms with E-state index < -0.39 is 23.7 Å². The molecule has 0 aliphatic carbocycles. The number of nitro groups is 1. The van der Waals surface area contributed by atoms with Gasteiger partial charge in [0.15, 0.2) is 5.02 Å². The van der Waals surface area contributed by atoms with Gasteiger partial charge in [0, 0.05) is 0 Å². The molecule has 0 aromatic carbocycles. The molecule has 1 rings (SSSR count). The van der Waals surface area contributed by atoms with Gasteiger partial charge in [0.05, 0.1) is 24.4 Å². The van der Waals surface area contributed by atoms with Crippen LogP contribution in [0, 0.1) is 10.1 Å². The maximum absolute atomic E-state index is 11.6. The molecule has 0 unspecified atom stereocenters. The number of nitrogens with zero attached hydrogens (tertiary/aromatic N) is 3. The van der Waals surface area contributed by atoms with E-state index in [0.717, 1.165) is 10.9 Å². The minimum absolute atomic E-state index is 0.239. The van der Waals surface area contributed by atoms with Crippen LogP contribution in [0.3, 0.4) is 0 Å². The summed E-state index contributed by atoms with van der Waals surface area (Å²) < 4.78 is 39.1. The van der Waals surface area contributed by atoms with Crippen molar-refractivity contribution in [3.63, 3.8) is 0 Å². The highest BCUT2D eigenvalue weighted by Crippen LogP contribution is 2.21. The maximum Gasteiger partial charge on any atom is 0.522 e. The quantitative estimate of drug-likeness (QED) is 0.612. The van der Waals surface area contributed by atoms with Gasteiger partial charge >= 0.3 is 12.2 Å². The summed E-state index contributed by atoms with van der Waals surface area (Å²) in [5.74, 6) is -0.603. The highest BCUT2D eigenvalue weighted by Gasteiger charge is 2.29. The van der Waals surface area contributed by atoms with Gasteiger partial charge in [0.25, 0.3) is 0 Å². The molecular weight excluding hydrogens is 255 g/mol. The van der Waals surface area contributed by atoms with Crippen molar-refractivity contribution < 1.29 is 22.8 Å². The van der Waals surface area contributed by atoms with Gasteiger partial charge in [-0.15, -0.1) is 13.2 Å². The summed E-state index contributed by atoms with van der Waals surface area (Å²) in [4.78, 5) is 9.47. The van der Waals surface area contributed by atoms with E-state index in [-0.39, 0.29) is 11.6 Å². The van der Waals surface area contributed by atoms with E-state index in [4.69, 9.17) is 11.6 Å². The lowest BCUT2D eigenvalue weighted by atomic mass is 10.6. The second-order valence-electron chi connectivity index (χ2n) is 2.62. The van der Waals surface area contributed by atoms with Crippen LogP contribution in [-0.2, 0) is 11.3 Å². The van der Waals surface area contributed by atoms with Crippen molar-refractivity contribution in [2.24, 2.45) is 0 Å². The molecule has 6 nitrogen and oxygen atoms in total. The lowest BCUT2D eigenvalue weighted by Crippen LogP contribution is -2.17. The molecule has 0 saturated heterocycles. The molecule has 0 aliphatic heterocycles. The Bertz CT molecular complexity index is 392. The largest absolute Gasteiger partial charge is 0.522 e. The van der Waals surface area contributed by atoms with Gasteiger partial charge < -0.3 is 10.1 Å². The van der Waals surface area contributed by atoms with E-state index in [9.17, 15) is 23.3 Å². The van der Waals surface area contributed by atoms with Crippen LogP contribution in [0.15, 0.2) is 6.20 Å². The third-order valence-electron chi connectivity index (χ3n) is 1.46. The summed E-state index contributed by atoms with van der Waals surface area (Å²) in [6, 6.07) is 0. The molecule has 0 bridgehead atoms. The molecular formula is C6H5ClF3N3O3. The number of rotatable bonds is 4. The Kier molecular flexibility index (Phi) is 3.70. The predicted octanol–water partition coefficient (Wildman–Crippen LogP) is 1.98. The Hall–Kier alpha value is -1.35. The van der Waals surface area contributed by atoms with E-state index >= 15 is 0 Å². The van der Waals surface area contributed by atoms with Crippen molar-refractivity contribution in [3.05, 3.63) is 21.3 Å². The van der Waals surface area contributed by atoms with Gasteiger partial charge in [-0.2, -0.15) is 4.68 Å². The van der Waals surface area contributed by atoms with E-state index in [1.54, 1.807) is 0 Å². The minimum Gasteiger partial charge on any atom is -0.358 e. The van der Waals surface area contributed by atoms with Gasteiger partial charge in [-0.05, 0) is 4.92 Å². The zero-order chi connectivity index (χ0) is 12.3. The van der Waals surface area contributed by atoms with E-state index in [0.29, 0.717) is 0 Å². The number of halogens is 4. The fourth-order valence-corrected chi connectivity index (χ4v) is 1.10. The predicted molar refractivity (Wildman–Crippen MR) is 45.9 cm³/mol. The normalized spacial score (nSPS) is 11.8. The van der Waals surface area contributed by atoms with Gasteiger partial charge in [0.2, 0.25) is 0 Å². The van der Waals surface area contributed by atoms with Crippen LogP contribution >= 0.6 is 11.6 Å². The second-order valence-corrected chi connectivity index (χ2v) is 3.02. The van der Waals surface area contributed by atoms with Crippen molar-refractivity contribution in [3.8, 4) is 0 Å². The van der Waals surface area contributed by atoms with Gasteiger partial charge in [0.1, 0.15) is 0 Å². The molecule has 1 aromatic rings. The zero-order valence-electron chi connectivity index (χ0n) is 7.57. The smallest absolute Gasteiger partial charge is 0.358 e. The summed E-state index contributed by atoms with van der Waals surface area (Å²) in [5, 5.41) is 13.4. The highest BCUT2D eigenvalue weighted by atomic mass is 35.5. The Morgan fingerprint density at radius 1 is 1.62 bits per heavy atom. The van der Waals surface area contributed by atoms with E-state index in [2.05, 4.69) is 9.84 Å². The first-order chi connectivity index (χ1) is 7.29. The van der Waals surface area contributed by atoms with Gasteiger partial charge in [-0.25, -0.2) is 0 Å². The molecule has 0 fully saturated rings. The lowest BCUT2D eigenvalue weighted by molar-refractivity contribution is -0.389. The number of hydrogen-bond donors (Lipinski definition) is 0. The molecule has 0 aliphatic rings. The van der Waals surface area contributed by atoms with Crippen LogP contribution in [-0.4, -0.2) is 27.7 Å². The topological polar surface area (TPSA) is 70.2 Å². The monoisotopic (exact) mass is 259 g/mol. The lowest BCUT2D eigenvalue weighted by Gasteiger charge is -2.05. The second kappa shape index (κ2) is 4.66. The van der Waals surface area contributed by atoms with Crippen molar-refractivity contribution >= 4 is 17.4 Å². The Morgan fingerprint density at radius 2 is 2.25 bits per heavy atom. The van der Waals surface area contributed by atoms with Gasteiger partial charge in [-0.3, -0.25) is 4.74 Å². The van der Waals surface area contributed by atoms with Crippen molar-refractivity contribution in [2.45, 2.75) is 12.9 Å². The number of alkyl halides is 3. The fraction of sp³-hybridized carbons (Fsp3) is 0.500. The number of hydrogen-bond acceptors (Lipinski definition) is 4. The Labute approximate surface area is 91.7 Å². The van der Waals surface area contributed by atoms with Crippen LogP contribution in [0.5, 0.6) is 0 Å². The van der Waals surface area contributed by atoms with Crippen LogP contribution in [0.2, 0.25) is 5.02 Å². The average Bonchev–Trinajstić information content (AvgIpc) is 2.44. The number of aromatic nitrogens is 2. The molecule has 10 heteroatoms. The SMILES string of the molecule is O=[N+]([O-])c1nn(CCOC(F)(F)F)cc1Cl.